The minimum absolute atomic E-state index is 0.725. The van der Waals surface area contributed by atoms with Crippen LogP contribution in [0, 0.1) is 11.8 Å². The minimum Gasteiger partial charge on any atom is -0.284 e. The van der Waals surface area contributed by atoms with Crippen LogP contribution in [0.1, 0.15) is 11.1 Å². The van der Waals surface area contributed by atoms with Crippen molar-refractivity contribution in [1.82, 2.24) is 9.88 Å². The van der Waals surface area contributed by atoms with Crippen LogP contribution >= 0.6 is 0 Å². The van der Waals surface area contributed by atoms with Gasteiger partial charge < -0.3 is 0 Å². The van der Waals surface area contributed by atoms with Crippen molar-refractivity contribution in [2.45, 2.75) is 6.54 Å². The standard InChI is InChI=1S/C18H18N2/c1-2-14-20(16-18-10-12-19-13-11-18)15-6-9-17-7-4-3-5-8-17/h2-5,7-8,10-13H,1,14-16H2. The molecule has 20 heavy (non-hydrogen) atoms. The fourth-order valence-corrected chi connectivity index (χ4v) is 1.89. The zero-order chi connectivity index (χ0) is 14.0. The molecule has 0 saturated heterocycles. The highest BCUT2D eigenvalue weighted by Gasteiger charge is 2.01. The van der Waals surface area contributed by atoms with E-state index in [0.717, 1.165) is 25.2 Å². The van der Waals surface area contributed by atoms with Gasteiger partial charge in [-0.3, -0.25) is 9.88 Å². The van der Waals surface area contributed by atoms with Gasteiger partial charge in [-0.25, -0.2) is 0 Å². The van der Waals surface area contributed by atoms with E-state index >= 15 is 0 Å². The van der Waals surface area contributed by atoms with Crippen molar-refractivity contribution >= 4 is 0 Å². The summed E-state index contributed by atoms with van der Waals surface area (Å²) in [6.07, 6.45) is 5.54. The Morgan fingerprint density at radius 3 is 2.55 bits per heavy atom. The van der Waals surface area contributed by atoms with E-state index in [-0.39, 0.29) is 0 Å². The minimum atomic E-state index is 0.725. The van der Waals surface area contributed by atoms with E-state index in [1.807, 2.05) is 60.9 Å². The molecule has 1 heterocycles. The molecule has 0 amide bonds. The van der Waals surface area contributed by atoms with Crippen molar-refractivity contribution in [3.8, 4) is 11.8 Å². The highest BCUT2D eigenvalue weighted by molar-refractivity contribution is 5.33. The summed E-state index contributed by atoms with van der Waals surface area (Å²) in [5, 5.41) is 0. The molecular weight excluding hydrogens is 244 g/mol. The van der Waals surface area contributed by atoms with Crippen molar-refractivity contribution in [2.24, 2.45) is 0 Å². The largest absolute Gasteiger partial charge is 0.284 e. The number of nitrogens with zero attached hydrogens (tertiary/aromatic N) is 2. The normalized spacial score (nSPS) is 9.85. The van der Waals surface area contributed by atoms with Gasteiger partial charge in [0.1, 0.15) is 0 Å². The fraction of sp³-hybridized carbons (Fsp3) is 0.167. The van der Waals surface area contributed by atoms with Crippen LogP contribution in [-0.2, 0) is 6.54 Å². The van der Waals surface area contributed by atoms with Gasteiger partial charge in [0.25, 0.3) is 0 Å². The Balaban J connectivity index is 1.96. The van der Waals surface area contributed by atoms with Crippen LogP contribution in [0.15, 0.2) is 67.5 Å². The molecule has 1 aromatic carbocycles. The van der Waals surface area contributed by atoms with Gasteiger partial charge in [0, 0.05) is 31.0 Å². The average molecular weight is 262 g/mol. The molecule has 0 spiro atoms. The summed E-state index contributed by atoms with van der Waals surface area (Å²) in [5.41, 5.74) is 2.29. The number of benzene rings is 1. The van der Waals surface area contributed by atoms with Crippen molar-refractivity contribution in [3.05, 3.63) is 78.6 Å². The zero-order valence-corrected chi connectivity index (χ0v) is 11.5. The van der Waals surface area contributed by atoms with Crippen molar-refractivity contribution < 1.29 is 0 Å². The second-order valence-corrected chi connectivity index (χ2v) is 4.48. The molecule has 0 bridgehead atoms. The number of pyridine rings is 1. The van der Waals surface area contributed by atoms with Gasteiger partial charge in [0.05, 0.1) is 6.54 Å². The number of rotatable bonds is 5. The first-order valence-electron chi connectivity index (χ1n) is 6.64. The molecule has 100 valence electrons. The lowest BCUT2D eigenvalue weighted by Gasteiger charge is -2.17. The van der Waals surface area contributed by atoms with Crippen molar-refractivity contribution in [3.63, 3.8) is 0 Å². The third-order valence-corrected chi connectivity index (χ3v) is 2.85. The number of aromatic nitrogens is 1. The highest BCUT2D eigenvalue weighted by Crippen LogP contribution is 2.03. The van der Waals surface area contributed by atoms with Gasteiger partial charge >= 0.3 is 0 Å². The summed E-state index contributed by atoms with van der Waals surface area (Å²) >= 11 is 0. The van der Waals surface area contributed by atoms with Crippen LogP contribution < -0.4 is 0 Å². The number of hydrogen-bond acceptors (Lipinski definition) is 2. The van der Waals surface area contributed by atoms with Gasteiger partial charge in [-0.1, -0.05) is 36.1 Å². The van der Waals surface area contributed by atoms with Crippen LogP contribution in [0.2, 0.25) is 0 Å². The lowest BCUT2D eigenvalue weighted by atomic mass is 10.2. The summed E-state index contributed by atoms with van der Waals surface area (Å²) in [5.74, 6) is 6.40. The quantitative estimate of drug-likeness (QED) is 0.608. The Morgan fingerprint density at radius 1 is 1.10 bits per heavy atom. The fourth-order valence-electron chi connectivity index (χ4n) is 1.89. The molecule has 0 aliphatic rings. The Labute approximate surface area is 120 Å². The molecule has 0 N–H and O–H groups in total. The smallest absolute Gasteiger partial charge is 0.0611 e. The summed E-state index contributed by atoms with van der Waals surface area (Å²) in [4.78, 5) is 6.28. The molecular formula is C18H18N2. The van der Waals surface area contributed by atoms with Gasteiger partial charge in [-0.2, -0.15) is 0 Å². The van der Waals surface area contributed by atoms with Gasteiger partial charge in [-0.05, 0) is 29.8 Å². The predicted molar refractivity (Wildman–Crippen MR) is 83.0 cm³/mol. The Morgan fingerprint density at radius 2 is 1.85 bits per heavy atom. The van der Waals surface area contributed by atoms with Crippen LogP contribution in [0.5, 0.6) is 0 Å². The molecule has 0 aliphatic heterocycles. The molecule has 0 unspecified atom stereocenters. The first-order valence-corrected chi connectivity index (χ1v) is 6.64. The van der Waals surface area contributed by atoms with E-state index in [9.17, 15) is 0 Å². The molecule has 0 radical (unpaired) electrons. The van der Waals surface area contributed by atoms with Crippen LogP contribution in [-0.4, -0.2) is 23.0 Å². The van der Waals surface area contributed by atoms with E-state index in [1.54, 1.807) is 0 Å². The molecule has 0 fully saturated rings. The second kappa shape index (κ2) is 7.93. The first kappa shape index (κ1) is 14.0. The number of hydrogen-bond donors (Lipinski definition) is 0. The molecule has 2 rings (SSSR count). The highest BCUT2D eigenvalue weighted by atomic mass is 15.1. The maximum absolute atomic E-state index is 4.03. The Bertz CT molecular complexity index is 579. The lowest BCUT2D eigenvalue weighted by molar-refractivity contribution is 0.332. The summed E-state index contributed by atoms with van der Waals surface area (Å²) in [6.45, 7) is 6.22. The topological polar surface area (TPSA) is 16.1 Å². The van der Waals surface area contributed by atoms with Crippen molar-refractivity contribution in [1.29, 1.82) is 0 Å². The van der Waals surface area contributed by atoms with Gasteiger partial charge in [0.15, 0.2) is 0 Å². The monoisotopic (exact) mass is 262 g/mol. The second-order valence-electron chi connectivity index (χ2n) is 4.48. The first-order chi connectivity index (χ1) is 9.88. The average Bonchev–Trinajstić information content (AvgIpc) is 2.49. The third kappa shape index (κ3) is 4.72. The van der Waals surface area contributed by atoms with E-state index in [2.05, 4.69) is 28.3 Å². The van der Waals surface area contributed by atoms with E-state index < -0.39 is 0 Å². The summed E-state index contributed by atoms with van der Waals surface area (Å²) in [6, 6.07) is 14.1. The molecule has 0 aliphatic carbocycles. The van der Waals surface area contributed by atoms with Crippen LogP contribution in [0.4, 0.5) is 0 Å². The van der Waals surface area contributed by atoms with E-state index in [1.165, 1.54) is 5.56 Å². The summed E-state index contributed by atoms with van der Waals surface area (Å²) in [7, 11) is 0. The zero-order valence-electron chi connectivity index (χ0n) is 11.5. The van der Waals surface area contributed by atoms with Crippen LogP contribution in [0.3, 0.4) is 0 Å². The Hall–Kier alpha value is -2.37. The molecule has 0 atom stereocenters. The summed E-state index contributed by atoms with van der Waals surface area (Å²) < 4.78 is 0. The predicted octanol–water partition coefficient (Wildman–Crippen LogP) is 3.12. The molecule has 2 heteroatoms. The maximum Gasteiger partial charge on any atom is 0.0611 e. The molecule has 0 saturated carbocycles. The van der Waals surface area contributed by atoms with Crippen LogP contribution in [0.25, 0.3) is 0 Å². The third-order valence-electron chi connectivity index (χ3n) is 2.85. The van der Waals surface area contributed by atoms with E-state index in [4.69, 9.17) is 0 Å². The SMILES string of the molecule is C=CCN(CC#Cc1ccccc1)Cc1ccncc1. The van der Waals surface area contributed by atoms with E-state index in [0.29, 0.717) is 0 Å². The molecule has 2 aromatic rings. The lowest BCUT2D eigenvalue weighted by Crippen LogP contribution is -2.23. The molecule has 2 nitrogen and oxygen atoms in total. The van der Waals surface area contributed by atoms with Gasteiger partial charge in [0.2, 0.25) is 0 Å². The van der Waals surface area contributed by atoms with Gasteiger partial charge in [-0.15, -0.1) is 6.58 Å². The maximum atomic E-state index is 4.03. The Kier molecular flexibility index (Phi) is 5.57. The molecule has 1 aromatic heterocycles. The van der Waals surface area contributed by atoms with Crippen molar-refractivity contribution in [2.75, 3.05) is 13.1 Å².